The molecule has 0 aliphatic heterocycles. The zero-order valence-corrected chi connectivity index (χ0v) is 8.34. The fraction of sp³-hybridized carbons (Fsp3) is 0.125. The minimum atomic E-state index is -3.80. The second-order valence-corrected chi connectivity index (χ2v) is 4.37. The number of carbonyl (C=O) groups is 1. The predicted molar refractivity (Wildman–Crippen MR) is 51.1 cm³/mol. The summed E-state index contributed by atoms with van der Waals surface area (Å²) in [5.41, 5.74) is 5.50. The first-order valence-corrected chi connectivity index (χ1v) is 5.31. The topological polar surface area (TPSA) is 103 Å². The molecule has 0 bridgehead atoms. The van der Waals surface area contributed by atoms with Crippen molar-refractivity contribution in [3.63, 3.8) is 0 Å². The third kappa shape index (κ3) is 1.91. The lowest BCUT2D eigenvalue weighted by molar-refractivity contribution is 0.0999. The van der Waals surface area contributed by atoms with Gasteiger partial charge < -0.3 is 5.73 Å². The number of primary amides is 1. The van der Waals surface area contributed by atoms with Crippen molar-refractivity contribution in [2.24, 2.45) is 10.9 Å². The smallest absolute Gasteiger partial charge is 0.249 e. The van der Waals surface area contributed by atoms with Crippen LogP contribution in [0.2, 0.25) is 0 Å². The van der Waals surface area contributed by atoms with E-state index in [-0.39, 0.29) is 16.0 Å². The highest BCUT2D eigenvalue weighted by atomic mass is 32.2. The summed E-state index contributed by atoms with van der Waals surface area (Å²) in [7, 11) is -3.80. The molecular weight excluding hydrogens is 204 g/mol. The molecule has 0 unspecified atom stereocenters. The minimum Gasteiger partial charge on any atom is -0.366 e. The standard InChI is InChI=1S/C8H10N2O3S/c1-5-6(8(9)11)3-2-4-7(5)14(10,12)13/h2-4H,1H3,(H2,9,11)(H2,10,12,13). The van der Waals surface area contributed by atoms with Gasteiger partial charge in [-0.15, -0.1) is 0 Å². The second kappa shape index (κ2) is 3.39. The van der Waals surface area contributed by atoms with Gasteiger partial charge in [-0.2, -0.15) is 0 Å². The van der Waals surface area contributed by atoms with Crippen LogP contribution in [0.3, 0.4) is 0 Å². The van der Waals surface area contributed by atoms with Gasteiger partial charge in [-0.1, -0.05) is 6.07 Å². The molecule has 0 spiro atoms. The van der Waals surface area contributed by atoms with E-state index in [9.17, 15) is 13.2 Å². The molecule has 4 N–H and O–H groups in total. The summed E-state index contributed by atoms with van der Waals surface area (Å²) in [4.78, 5) is 10.8. The van der Waals surface area contributed by atoms with Gasteiger partial charge in [0, 0.05) is 5.56 Å². The van der Waals surface area contributed by atoms with Gasteiger partial charge in [-0.05, 0) is 24.6 Å². The average molecular weight is 214 g/mol. The molecular formula is C8H10N2O3S. The summed E-state index contributed by atoms with van der Waals surface area (Å²) < 4.78 is 22.1. The maximum atomic E-state index is 11.1. The van der Waals surface area contributed by atoms with Gasteiger partial charge in [0.25, 0.3) is 0 Å². The number of primary sulfonamides is 1. The van der Waals surface area contributed by atoms with E-state index in [1.54, 1.807) is 0 Å². The molecule has 1 aromatic carbocycles. The fourth-order valence-electron chi connectivity index (χ4n) is 1.19. The Kier molecular flexibility index (Phi) is 2.59. The second-order valence-electron chi connectivity index (χ2n) is 2.84. The number of hydrogen-bond donors (Lipinski definition) is 2. The lowest BCUT2D eigenvalue weighted by Crippen LogP contribution is -2.18. The molecule has 0 fully saturated rings. The van der Waals surface area contributed by atoms with Crippen LogP contribution in [0.1, 0.15) is 15.9 Å². The molecule has 0 aromatic heterocycles. The highest BCUT2D eigenvalue weighted by Crippen LogP contribution is 2.16. The summed E-state index contributed by atoms with van der Waals surface area (Å²) in [6.45, 7) is 1.49. The van der Waals surface area contributed by atoms with E-state index in [1.165, 1.54) is 25.1 Å². The van der Waals surface area contributed by atoms with Crippen LogP contribution in [0.15, 0.2) is 23.1 Å². The first-order chi connectivity index (χ1) is 6.34. The Bertz CT molecular complexity index is 479. The lowest BCUT2D eigenvalue weighted by atomic mass is 10.1. The van der Waals surface area contributed by atoms with Crippen LogP contribution < -0.4 is 10.9 Å². The Morgan fingerprint density at radius 1 is 1.36 bits per heavy atom. The highest BCUT2D eigenvalue weighted by molar-refractivity contribution is 7.89. The number of benzene rings is 1. The number of rotatable bonds is 2. The van der Waals surface area contributed by atoms with Gasteiger partial charge in [-0.3, -0.25) is 4.79 Å². The lowest BCUT2D eigenvalue weighted by Gasteiger charge is -2.06. The third-order valence-electron chi connectivity index (χ3n) is 1.86. The molecule has 6 heteroatoms. The number of hydrogen-bond acceptors (Lipinski definition) is 3. The van der Waals surface area contributed by atoms with Crippen molar-refractivity contribution in [1.82, 2.24) is 0 Å². The van der Waals surface area contributed by atoms with E-state index in [1.807, 2.05) is 0 Å². The number of carbonyl (C=O) groups excluding carboxylic acids is 1. The van der Waals surface area contributed by atoms with Crippen LogP contribution in [-0.4, -0.2) is 14.3 Å². The molecule has 14 heavy (non-hydrogen) atoms. The van der Waals surface area contributed by atoms with Crippen molar-refractivity contribution < 1.29 is 13.2 Å². The van der Waals surface area contributed by atoms with Crippen molar-refractivity contribution in [3.05, 3.63) is 29.3 Å². The summed E-state index contributed by atoms with van der Waals surface area (Å²) in [5.74, 6) is -0.673. The van der Waals surface area contributed by atoms with Gasteiger partial charge in [0.1, 0.15) is 0 Å². The quantitative estimate of drug-likeness (QED) is 0.708. The van der Waals surface area contributed by atoms with Crippen LogP contribution in [0.4, 0.5) is 0 Å². The molecule has 1 aromatic rings. The Labute approximate surface area is 81.8 Å². The van der Waals surface area contributed by atoms with Crippen molar-refractivity contribution in [3.8, 4) is 0 Å². The molecule has 76 valence electrons. The Hall–Kier alpha value is -1.40. The number of sulfonamides is 1. The maximum absolute atomic E-state index is 11.1. The Morgan fingerprint density at radius 3 is 2.36 bits per heavy atom. The molecule has 0 heterocycles. The van der Waals surface area contributed by atoms with Crippen molar-refractivity contribution in [1.29, 1.82) is 0 Å². The Balaban J connectivity index is 3.51. The van der Waals surface area contributed by atoms with E-state index >= 15 is 0 Å². The molecule has 0 aliphatic carbocycles. The maximum Gasteiger partial charge on any atom is 0.249 e. The van der Waals surface area contributed by atoms with Gasteiger partial charge in [0.15, 0.2) is 0 Å². The zero-order chi connectivity index (χ0) is 10.9. The number of nitrogens with two attached hydrogens (primary N) is 2. The summed E-state index contributed by atoms with van der Waals surface area (Å²) in [5, 5.41) is 4.95. The normalized spacial score (nSPS) is 11.3. The molecule has 0 saturated carbocycles. The van der Waals surface area contributed by atoms with Gasteiger partial charge >= 0.3 is 0 Å². The molecule has 1 rings (SSSR count). The van der Waals surface area contributed by atoms with E-state index in [0.29, 0.717) is 0 Å². The van der Waals surface area contributed by atoms with Crippen LogP contribution in [-0.2, 0) is 10.0 Å². The average Bonchev–Trinajstić information content (AvgIpc) is 2.01. The zero-order valence-electron chi connectivity index (χ0n) is 7.52. The molecule has 0 radical (unpaired) electrons. The van der Waals surface area contributed by atoms with E-state index in [0.717, 1.165) is 0 Å². The Morgan fingerprint density at radius 2 is 1.93 bits per heavy atom. The van der Waals surface area contributed by atoms with Gasteiger partial charge in [0.2, 0.25) is 15.9 Å². The fourth-order valence-corrected chi connectivity index (χ4v) is 1.99. The largest absolute Gasteiger partial charge is 0.366 e. The molecule has 0 atom stereocenters. The molecule has 5 nitrogen and oxygen atoms in total. The first kappa shape index (κ1) is 10.7. The van der Waals surface area contributed by atoms with Crippen molar-refractivity contribution in [2.45, 2.75) is 11.8 Å². The van der Waals surface area contributed by atoms with Gasteiger partial charge in [0.05, 0.1) is 4.90 Å². The summed E-state index contributed by atoms with van der Waals surface area (Å²) >= 11 is 0. The monoisotopic (exact) mass is 214 g/mol. The summed E-state index contributed by atoms with van der Waals surface area (Å²) in [6, 6.07) is 4.20. The highest BCUT2D eigenvalue weighted by Gasteiger charge is 2.15. The van der Waals surface area contributed by atoms with E-state index in [2.05, 4.69) is 0 Å². The van der Waals surface area contributed by atoms with Crippen LogP contribution in [0.5, 0.6) is 0 Å². The van der Waals surface area contributed by atoms with Crippen molar-refractivity contribution in [2.75, 3.05) is 0 Å². The van der Waals surface area contributed by atoms with E-state index in [4.69, 9.17) is 10.9 Å². The summed E-state index contributed by atoms with van der Waals surface area (Å²) in [6.07, 6.45) is 0. The number of amides is 1. The minimum absolute atomic E-state index is 0.0752. The molecule has 0 aliphatic rings. The van der Waals surface area contributed by atoms with Gasteiger partial charge in [-0.25, -0.2) is 13.6 Å². The third-order valence-corrected chi connectivity index (χ3v) is 2.91. The molecule has 1 amide bonds. The first-order valence-electron chi connectivity index (χ1n) is 3.76. The molecule has 0 saturated heterocycles. The SMILES string of the molecule is Cc1c(C(N)=O)cccc1S(N)(=O)=O. The van der Waals surface area contributed by atoms with Crippen molar-refractivity contribution >= 4 is 15.9 Å². The van der Waals surface area contributed by atoms with Crippen LogP contribution in [0, 0.1) is 6.92 Å². The predicted octanol–water partition coefficient (Wildman–Crippen LogP) is -0.259. The van der Waals surface area contributed by atoms with Crippen LogP contribution in [0.25, 0.3) is 0 Å². The van der Waals surface area contributed by atoms with Crippen LogP contribution >= 0.6 is 0 Å². The van der Waals surface area contributed by atoms with E-state index < -0.39 is 15.9 Å².